The van der Waals surface area contributed by atoms with Crippen LogP contribution in [0.15, 0.2) is 24.3 Å². The van der Waals surface area contributed by atoms with Gasteiger partial charge in [0.1, 0.15) is 5.82 Å². The summed E-state index contributed by atoms with van der Waals surface area (Å²) in [6, 6.07) is 8.49. The lowest BCUT2D eigenvalue weighted by Gasteiger charge is -2.21. The maximum Gasteiger partial charge on any atom is 0.106 e. The smallest absolute Gasteiger partial charge is 0.106 e. The molecule has 1 aliphatic rings. The van der Waals surface area contributed by atoms with Gasteiger partial charge in [-0.25, -0.2) is 4.98 Å². The number of hydrogen-bond acceptors (Lipinski definition) is 2. The summed E-state index contributed by atoms with van der Waals surface area (Å²) < 4.78 is 2.39. The minimum atomic E-state index is 0.304. The molecule has 3 heteroatoms. The summed E-state index contributed by atoms with van der Waals surface area (Å²) in [6.07, 6.45) is 4.84. The number of aryl methyl sites for hydroxylation is 2. The Morgan fingerprint density at radius 3 is 2.84 bits per heavy atom. The van der Waals surface area contributed by atoms with Crippen molar-refractivity contribution in [3.8, 4) is 0 Å². The Kier molecular flexibility index (Phi) is 3.05. The van der Waals surface area contributed by atoms with Crippen LogP contribution in [-0.2, 0) is 12.8 Å². The lowest BCUT2D eigenvalue weighted by atomic mass is 10.00. The molecule has 0 fully saturated rings. The second-order valence-electron chi connectivity index (χ2n) is 5.48. The zero-order chi connectivity index (χ0) is 13.4. The maximum absolute atomic E-state index is 5.90. The number of anilines is 1. The first-order chi connectivity index (χ1) is 9.16. The maximum atomic E-state index is 5.90. The van der Waals surface area contributed by atoms with E-state index < -0.39 is 0 Å². The fourth-order valence-electron chi connectivity index (χ4n) is 3.18. The number of nitrogens with two attached hydrogens (primary N) is 1. The highest BCUT2D eigenvalue weighted by molar-refractivity contribution is 5.42. The molecule has 1 heterocycles. The Balaban J connectivity index is 2.04. The number of nitrogens with zero attached hydrogens (tertiary/aromatic N) is 2. The van der Waals surface area contributed by atoms with E-state index in [1.165, 1.54) is 29.8 Å². The average Bonchev–Trinajstić information content (AvgIpc) is 2.74. The highest BCUT2D eigenvalue weighted by Gasteiger charge is 2.21. The van der Waals surface area contributed by atoms with Gasteiger partial charge in [0.25, 0.3) is 0 Å². The molecule has 1 aliphatic carbocycles. The van der Waals surface area contributed by atoms with Crippen molar-refractivity contribution in [2.24, 2.45) is 0 Å². The number of imidazole rings is 1. The molecule has 2 aromatic rings. The van der Waals surface area contributed by atoms with Crippen molar-refractivity contribution in [2.45, 2.75) is 45.6 Å². The Labute approximate surface area is 114 Å². The monoisotopic (exact) mass is 255 g/mol. The van der Waals surface area contributed by atoms with Crippen LogP contribution in [-0.4, -0.2) is 9.55 Å². The van der Waals surface area contributed by atoms with Crippen LogP contribution in [0.2, 0.25) is 0 Å². The molecule has 0 saturated carbocycles. The van der Waals surface area contributed by atoms with Crippen LogP contribution < -0.4 is 5.73 Å². The second-order valence-corrected chi connectivity index (χ2v) is 5.48. The summed E-state index contributed by atoms with van der Waals surface area (Å²) in [7, 11) is 0. The molecule has 0 spiro atoms. The van der Waals surface area contributed by atoms with E-state index in [2.05, 4.69) is 30.5 Å². The Morgan fingerprint density at radius 2 is 2.05 bits per heavy atom. The van der Waals surface area contributed by atoms with Gasteiger partial charge in [0.2, 0.25) is 0 Å². The number of benzene rings is 1. The van der Waals surface area contributed by atoms with E-state index in [4.69, 9.17) is 10.7 Å². The highest BCUT2D eigenvalue weighted by atomic mass is 15.1. The van der Waals surface area contributed by atoms with Crippen LogP contribution in [0.1, 0.15) is 48.6 Å². The van der Waals surface area contributed by atoms with Crippen molar-refractivity contribution in [1.82, 2.24) is 9.55 Å². The van der Waals surface area contributed by atoms with Crippen molar-refractivity contribution in [2.75, 3.05) is 5.73 Å². The van der Waals surface area contributed by atoms with Crippen LogP contribution in [0.25, 0.3) is 0 Å². The third-order valence-corrected chi connectivity index (χ3v) is 4.13. The van der Waals surface area contributed by atoms with Gasteiger partial charge in [-0.3, -0.25) is 0 Å². The average molecular weight is 255 g/mol. The molecule has 0 radical (unpaired) electrons. The van der Waals surface area contributed by atoms with Gasteiger partial charge in [-0.1, -0.05) is 12.1 Å². The molecule has 1 aromatic heterocycles. The summed E-state index contributed by atoms with van der Waals surface area (Å²) in [4.78, 5) is 4.75. The van der Waals surface area contributed by atoms with E-state index in [1.807, 2.05) is 12.1 Å². The number of rotatable bonds is 2. The minimum absolute atomic E-state index is 0.304. The van der Waals surface area contributed by atoms with E-state index in [-0.39, 0.29) is 0 Å². The molecule has 2 N–H and O–H groups in total. The van der Waals surface area contributed by atoms with E-state index in [9.17, 15) is 0 Å². The largest absolute Gasteiger partial charge is 0.399 e. The standard InChI is InChI=1S/C16H21N3/c1-11(13-6-5-7-14(17)10-13)19-12(2)18-15-8-3-4-9-16(15)19/h5-7,10-11H,3-4,8-9,17H2,1-2H3. The van der Waals surface area contributed by atoms with Crippen molar-refractivity contribution in [1.29, 1.82) is 0 Å². The van der Waals surface area contributed by atoms with E-state index in [1.54, 1.807) is 0 Å². The van der Waals surface area contributed by atoms with Gasteiger partial charge in [-0.15, -0.1) is 0 Å². The molecule has 3 rings (SSSR count). The lowest BCUT2D eigenvalue weighted by molar-refractivity contribution is 0.562. The Morgan fingerprint density at radius 1 is 1.26 bits per heavy atom. The van der Waals surface area contributed by atoms with Gasteiger partial charge in [0.05, 0.1) is 11.7 Å². The summed E-state index contributed by atoms with van der Waals surface area (Å²) in [6.45, 7) is 4.35. The molecule has 1 aromatic carbocycles. The predicted molar refractivity (Wildman–Crippen MR) is 78.3 cm³/mol. The first kappa shape index (κ1) is 12.3. The summed E-state index contributed by atoms with van der Waals surface area (Å²) in [5.41, 5.74) is 10.7. The zero-order valence-corrected chi connectivity index (χ0v) is 11.7. The van der Waals surface area contributed by atoms with Crippen molar-refractivity contribution in [3.05, 3.63) is 47.0 Å². The third-order valence-electron chi connectivity index (χ3n) is 4.13. The van der Waals surface area contributed by atoms with Crippen molar-refractivity contribution in [3.63, 3.8) is 0 Å². The number of hydrogen-bond donors (Lipinski definition) is 1. The Hall–Kier alpha value is -1.77. The van der Waals surface area contributed by atoms with E-state index >= 15 is 0 Å². The molecular weight excluding hydrogens is 234 g/mol. The molecule has 19 heavy (non-hydrogen) atoms. The van der Waals surface area contributed by atoms with Crippen LogP contribution in [0.4, 0.5) is 5.69 Å². The van der Waals surface area contributed by atoms with E-state index in [0.29, 0.717) is 6.04 Å². The predicted octanol–water partition coefficient (Wildman–Crippen LogP) is 3.26. The van der Waals surface area contributed by atoms with Crippen LogP contribution in [0.5, 0.6) is 0 Å². The third kappa shape index (κ3) is 2.14. The van der Waals surface area contributed by atoms with Crippen LogP contribution >= 0.6 is 0 Å². The summed E-state index contributed by atoms with van der Waals surface area (Å²) in [5, 5.41) is 0. The fourth-order valence-corrected chi connectivity index (χ4v) is 3.18. The zero-order valence-electron chi connectivity index (χ0n) is 11.7. The highest BCUT2D eigenvalue weighted by Crippen LogP contribution is 2.29. The van der Waals surface area contributed by atoms with Crippen LogP contribution in [0.3, 0.4) is 0 Å². The quantitative estimate of drug-likeness (QED) is 0.837. The molecule has 1 atom stereocenters. The topological polar surface area (TPSA) is 43.8 Å². The number of fused-ring (bicyclic) bond motifs is 1. The molecule has 0 saturated heterocycles. The van der Waals surface area contributed by atoms with Crippen molar-refractivity contribution < 1.29 is 0 Å². The van der Waals surface area contributed by atoms with Gasteiger partial charge in [0.15, 0.2) is 0 Å². The molecule has 0 aliphatic heterocycles. The van der Waals surface area contributed by atoms with Gasteiger partial charge >= 0.3 is 0 Å². The molecule has 0 bridgehead atoms. The SMILES string of the molecule is Cc1nc2c(n1C(C)c1cccc(N)c1)CCCC2. The minimum Gasteiger partial charge on any atom is -0.399 e. The first-order valence-corrected chi connectivity index (χ1v) is 7.09. The summed E-state index contributed by atoms with van der Waals surface area (Å²) in [5.74, 6) is 1.13. The summed E-state index contributed by atoms with van der Waals surface area (Å²) >= 11 is 0. The second kappa shape index (κ2) is 4.72. The van der Waals surface area contributed by atoms with Gasteiger partial charge in [-0.2, -0.15) is 0 Å². The van der Waals surface area contributed by atoms with E-state index in [0.717, 1.165) is 24.4 Å². The molecule has 3 nitrogen and oxygen atoms in total. The molecule has 1 unspecified atom stereocenters. The Bertz CT molecular complexity index is 598. The molecule has 100 valence electrons. The first-order valence-electron chi connectivity index (χ1n) is 7.09. The molecule has 0 amide bonds. The van der Waals surface area contributed by atoms with Crippen LogP contribution in [0, 0.1) is 6.92 Å². The van der Waals surface area contributed by atoms with Gasteiger partial charge in [0, 0.05) is 11.4 Å². The van der Waals surface area contributed by atoms with Gasteiger partial charge in [-0.05, 0) is 57.2 Å². The number of aromatic nitrogens is 2. The van der Waals surface area contributed by atoms with Crippen molar-refractivity contribution >= 4 is 5.69 Å². The van der Waals surface area contributed by atoms with Gasteiger partial charge < -0.3 is 10.3 Å². The normalized spacial score (nSPS) is 16.1. The fraction of sp³-hybridized carbons (Fsp3) is 0.438. The number of nitrogen functional groups attached to an aromatic ring is 1. The molecular formula is C16H21N3. The lowest BCUT2D eigenvalue weighted by Crippen LogP contribution is -2.14.